The summed E-state index contributed by atoms with van der Waals surface area (Å²) in [6.45, 7) is 0. The molecule has 0 radical (unpaired) electrons. The number of fused-ring (bicyclic) bond motifs is 6. The Kier molecular flexibility index (Phi) is 7.49. The first-order chi connectivity index (χ1) is 27.7. The van der Waals surface area contributed by atoms with E-state index in [1.165, 1.54) is 21.9 Å². The predicted molar refractivity (Wildman–Crippen MR) is 231 cm³/mol. The van der Waals surface area contributed by atoms with Crippen LogP contribution in [0.15, 0.2) is 209 Å². The topological polar surface area (TPSA) is 54.8 Å². The Bertz CT molecular complexity index is 3160. The Morgan fingerprint density at radius 2 is 1.04 bits per heavy atom. The minimum Gasteiger partial charge on any atom is -0.456 e. The molecule has 8 aromatic carbocycles. The van der Waals surface area contributed by atoms with Crippen molar-refractivity contribution in [1.29, 1.82) is 0 Å². The molecule has 1 unspecified atom stereocenters. The minimum atomic E-state index is -0.333. The molecular formula is C51H34N4O. The summed E-state index contributed by atoms with van der Waals surface area (Å²) < 4.78 is 8.73. The molecule has 1 N–H and O–H groups in total. The number of rotatable bonds is 6. The van der Waals surface area contributed by atoms with Crippen LogP contribution < -0.4 is 5.32 Å². The van der Waals surface area contributed by atoms with Gasteiger partial charge in [0.05, 0.1) is 11.0 Å². The quantitative estimate of drug-likeness (QED) is 0.186. The zero-order valence-electron chi connectivity index (χ0n) is 30.3. The molecule has 11 rings (SSSR count). The van der Waals surface area contributed by atoms with Crippen molar-refractivity contribution >= 4 is 55.4 Å². The normalized spacial score (nSPS) is 14.2. The molecule has 0 amide bonds. The lowest BCUT2D eigenvalue weighted by atomic mass is 10.0. The summed E-state index contributed by atoms with van der Waals surface area (Å²) in [6.07, 6.45) is -0.333. The van der Waals surface area contributed by atoms with Gasteiger partial charge in [0.1, 0.15) is 23.2 Å². The van der Waals surface area contributed by atoms with Crippen molar-refractivity contribution in [3.63, 3.8) is 0 Å². The van der Waals surface area contributed by atoms with Gasteiger partial charge in [-0.2, -0.15) is 0 Å². The van der Waals surface area contributed by atoms with Crippen molar-refractivity contribution in [3.05, 3.63) is 211 Å². The highest BCUT2D eigenvalue weighted by Crippen LogP contribution is 2.38. The number of amidine groups is 2. The van der Waals surface area contributed by atoms with Gasteiger partial charge >= 0.3 is 0 Å². The number of nitrogens with one attached hydrogen (secondary N) is 1. The van der Waals surface area contributed by atoms with Crippen LogP contribution in [0, 0.1) is 0 Å². The molecule has 0 aliphatic carbocycles. The fourth-order valence-corrected chi connectivity index (χ4v) is 8.11. The Morgan fingerprint density at radius 1 is 0.429 bits per heavy atom. The first kappa shape index (κ1) is 32.0. The van der Waals surface area contributed by atoms with Gasteiger partial charge in [0, 0.05) is 38.4 Å². The molecule has 3 heterocycles. The zero-order valence-corrected chi connectivity index (χ0v) is 30.3. The molecule has 10 aromatic rings. The number of benzene rings is 8. The van der Waals surface area contributed by atoms with Crippen molar-refractivity contribution in [2.24, 2.45) is 9.98 Å². The van der Waals surface area contributed by atoms with Gasteiger partial charge in [-0.3, -0.25) is 0 Å². The standard InChI is InChI=1S/C51H34N4O/c1-4-13-33(14-5-1)36-19-12-20-38(29-36)50-52-49(35-17-8-3-9-18-35)53-51(54-50)39-23-26-42-41-21-10-11-22-45(41)55(46(42)31-39)40-25-28-48-44(32-40)43-30-37(24-27-47(43)56-48)34-15-6-2-7-16-34/h1-32,50H,(H,52,53,54). The highest BCUT2D eigenvalue weighted by Gasteiger charge is 2.23. The second-order valence-electron chi connectivity index (χ2n) is 14.3. The smallest absolute Gasteiger partial charge is 0.159 e. The number of hydrogen-bond donors (Lipinski definition) is 1. The molecule has 0 bridgehead atoms. The highest BCUT2D eigenvalue weighted by molar-refractivity contribution is 6.16. The molecular weight excluding hydrogens is 685 g/mol. The molecule has 264 valence electrons. The Labute approximate surface area is 323 Å². The van der Waals surface area contributed by atoms with Crippen LogP contribution in [0.2, 0.25) is 0 Å². The number of hydrogen-bond acceptors (Lipinski definition) is 4. The Morgan fingerprint density at radius 3 is 1.80 bits per heavy atom. The largest absolute Gasteiger partial charge is 0.456 e. The number of para-hydroxylation sites is 1. The van der Waals surface area contributed by atoms with Gasteiger partial charge in [-0.25, -0.2) is 9.98 Å². The van der Waals surface area contributed by atoms with Crippen LogP contribution in [0.5, 0.6) is 0 Å². The Balaban J connectivity index is 1.07. The minimum absolute atomic E-state index is 0.333. The molecule has 0 saturated carbocycles. The maximum atomic E-state index is 6.37. The average Bonchev–Trinajstić information content (AvgIpc) is 3.81. The fourth-order valence-electron chi connectivity index (χ4n) is 8.11. The summed E-state index contributed by atoms with van der Waals surface area (Å²) in [5, 5.41) is 8.19. The summed E-state index contributed by atoms with van der Waals surface area (Å²) in [4.78, 5) is 10.5. The van der Waals surface area contributed by atoms with E-state index in [4.69, 9.17) is 14.4 Å². The van der Waals surface area contributed by atoms with Gasteiger partial charge in [-0.1, -0.05) is 146 Å². The molecule has 0 fully saturated rings. The molecule has 0 saturated heterocycles. The van der Waals surface area contributed by atoms with Crippen molar-refractivity contribution in [2.75, 3.05) is 0 Å². The highest BCUT2D eigenvalue weighted by atomic mass is 16.3. The van der Waals surface area contributed by atoms with Crippen LogP contribution in [-0.2, 0) is 0 Å². The van der Waals surface area contributed by atoms with E-state index in [1.807, 2.05) is 30.3 Å². The maximum Gasteiger partial charge on any atom is 0.159 e. The van der Waals surface area contributed by atoms with E-state index in [9.17, 15) is 0 Å². The second kappa shape index (κ2) is 13.1. The van der Waals surface area contributed by atoms with Gasteiger partial charge in [0.15, 0.2) is 5.84 Å². The first-order valence-corrected chi connectivity index (χ1v) is 18.9. The monoisotopic (exact) mass is 718 g/mol. The molecule has 1 aliphatic rings. The third kappa shape index (κ3) is 5.48. The molecule has 5 nitrogen and oxygen atoms in total. The molecule has 2 aromatic heterocycles. The summed E-state index contributed by atoms with van der Waals surface area (Å²) in [5.41, 5.74) is 12.7. The third-order valence-electron chi connectivity index (χ3n) is 10.8. The van der Waals surface area contributed by atoms with Crippen molar-refractivity contribution in [3.8, 4) is 27.9 Å². The fraction of sp³-hybridized carbons (Fsp3) is 0.0196. The van der Waals surface area contributed by atoms with Gasteiger partial charge < -0.3 is 14.3 Å². The summed E-state index contributed by atoms with van der Waals surface area (Å²) in [7, 11) is 0. The zero-order chi connectivity index (χ0) is 37.0. The van der Waals surface area contributed by atoms with E-state index < -0.39 is 0 Å². The van der Waals surface area contributed by atoms with E-state index in [-0.39, 0.29) is 6.17 Å². The molecule has 5 heteroatoms. The van der Waals surface area contributed by atoms with Crippen molar-refractivity contribution in [1.82, 2.24) is 9.88 Å². The molecule has 56 heavy (non-hydrogen) atoms. The van der Waals surface area contributed by atoms with Gasteiger partial charge in [-0.05, 0) is 76.3 Å². The molecule has 1 atom stereocenters. The number of aromatic nitrogens is 1. The van der Waals surface area contributed by atoms with Crippen LogP contribution in [0.25, 0.3) is 71.7 Å². The van der Waals surface area contributed by atoms with E-state index in [1.54, 1.807) is 0 Å². The Hall–Kier alpha value is -7.50. The van der Waals surface area contributed by atoms with Gasteiger partial charge in [0.25, 0.3) is 0 Å². The predicted octanol–water partition coefficient (Wildman–Crippen LogP) is 12.5. The number of nitrogens with zero attached hydrogens (tertiary/aromatic N) is 3. The lowest BCUT2D eigenvalue weighted by Gasteiger charge is -2.24. The average molecular weight is 719 g/mol. The van der Waals surface area contributed by atoms with Crippen LogP contribution in [0.1, 0.15) is 22.9 Å². The van der Waals surface area contributed by atoms with E-state index in [0.717, 1.165) is 72.3 Å². The van der Waals surface area contributed by atoms with Crippen LogP contribution in [0.4, 0.5) is 0 Å². The maximum absolute atomic E-state index is 6.37. The second-order valence-corrected chi connectivity index (χ2v) is 14.3. The summed E-state index contributed by atoms with van der Waals surface area (Å²) in [5.74, 6) is 1.47. The van der Waals surface area contributed by atoms with Gasteiger partial charge in [-0.15, -0.1) is 0 Å². The SMILES string of the molecule is c1ccc(C2=NC(c3ccc4c5ccccc5n(-c5ccc6oc7ccc(-c8ccccc8)cc7c6c5)c4c3)=NC(c3cccc(-c4ccccc4)c3)N2)cc1. The third-order valence-corrected chi connectivity index (χ3v) is 10.8. The summed E-state index contributed by atoms with van der Waals surface area (Å²) in [6, 6.07) is 68.1. The number of aliphatic imine (C=N–C) groups is 2. The number of furan rings is 1. The van der Waals surface area contributed by atoms with Crippen LogP contribution >= 0.6 is 0 Å². The van der Waals surface area contributed by atoms with Gasteiger partial charge in [0.2, 0.25) is 0 Å². The first-order valence-electron chi connectivity index (χ1n) is 18.9. The van der Waals surface area contributed by atoms with E-state index in [0.29, 0.717) is 5.84 Å². The van der Waals surface area contributed by atoms with E-state index >= 15 is 0 Å². The van der Waals surface area contributed by atoms with Crippen LogP contribution in [0.3, 0.4) is 0 Å². The lowest BCUT2D eigenvalue weighted by molar-refractivity contribution is 0.669. The van der Waals surface area contributed by atoms with E-state index in [2.05, 4.69) is 174 Å². The van der Waals surface area contributed by atoms with Crippen molar-refractivity contribution < 1.29 is 4.42 Å². The van der Waals surface area contributed by atoms with Crippen molar-refractivity contribution in [2.45, 2.75) is 6.17 Å². The van der Waals surface area contributed by atoms with Crippen LogP contribution in [-0.4, -0.2) is 16.2 Å². The lowest BCUT2D eigenvalue weighted by Crippen LogP contribution is -2.33. The summed E-state index contributed by atoms with van der Waals surface area (Å²) >= 11 is 0. The molecule has 1 aliphatic heterocycles. The molecule has 0 spiro atoms.